The summed E-state index contributed by atoms with van der Waals surface area (Å²) in [4.78, 5) is 26.3. The molecule has 2 N–H and O–H groups in total. The molecule has 0 spiro atoms. The Morgan fingerprint density at radius 2 is 1.78 bits per heavy atom. The average molecular weight is 513 g/mol. The fraction of sp³-hybridized carbons (Fsp3) is 0.759. The molecule has 0 radical (unpaired) electrons. The van der Waals surface area contributed by atoms with Gasteiger partial charge in [-0.2, -0.15) is 5.10 Å². The van der Waals surface area contributed by atoms with Crippen LogP contribution in [0.1, 0.15) is 83.0 Å². The van der Waals surface area contributed by atoms with Gasteiger partial charge >= 0.3 is 0 Å². The molecule has 1 saturated heterocycles. The number of ether oxygens (including phenoxy) is 2. The lowest BCUT2D eigenvalue weighted by Gasteiger charge is -2.54. The molecule has 4 bridgehead atoms. The molecule has 204 valence electrons. The molecule has 2 heterocycles. The maximum absolute atomic E-state index is 13.5. The van der Waals surface area contributed by atoms with Gasteiger partial charge in [-0.15, -0.1) is 0 Å². The third-order valence-electron chi connectivity index (χ3n) is 8.74. The van der Waals surface area contributed by atoms with Crippen LogP contribution >= 0.6 is 0 Å². The molecule has 1 aromatic heterocycles. The van der Waals surface area contributed by atoms with Crippen molar-refractivity contribution in [2.75, 3.05) is 19.8 Å². The molecule has 8 heteroatoms. The van der Waals surface area contributed by atoms with Crippen LogP contribution in [-0.4, -0.2) is 53.0 Å². The minimum atomic E-state index is -0.584. The van der Waals surface area contributed by atoms with Gasteiger partial charge in [0, 0.05) is 31.4 Å². The number of hydrogen-bond acceptors (Lipinski definition) is 5. The standard InChI is InChI=1S/C29H44N4O4/c1-18(2)17-37-28-24(27(35)31-25-22-12-19-11-20(14-22)15-23(25)13-19)16-30-33(28)8-7-29(3,4)32-26(34)21-5-9-36-10-6-21/h7-8,16,18-23,25H,5-6,9-15,17H2,1-4H3,(H,31,35)(H,32,34)/b8-7+/t19?,20?,22-,23?,25-/m1/s1. The van der Waals surface area contributed by atoms with Crippen LogP contribution in [0.2, 0.25) is 0 Å². The molecule has 4 aliphatic carbocycles. The Labute approximate surface area is 220 Å². The van der Waals surface area contributed by atoms with Crippen molar-refractivity contribution >= 4 is 18.0 Å². The van der Waals surface area contributed by atoms with E-state index in [2.05, 4.69) is 29.6 Å². The van der Waals surface area contributed by atoms with Crippen molar-refractivity contribution in [2.45, 2.75) is 84.2 Å². The second-order valence-electron chi connectivity index (χ2n) is 12.9. The number of hydrogen-bond donors (Lipinski definition) is 2. The summed E-state index contributed by atoms with van der Waals surface area (Å²) in [6.07, 6.45) is 13.2. The summed E-state index contributed by atoms with van der Waals surface area (Å²) in [6.45, 7) is 9.83. The van der Waals surface area contributed by atoms with Crippen LogP contribution in [-0.2, 0) is 9.53 Å². The molecular weight excluding hydrogens is 468 g/mol. The zero-order valence-electron chi connectivity index (χ0n) is 22.9. The summed E-state index contributed by atoms with van der Waals surface area (Å²) in [7, 11) is 0. The van der Waals surface area contributed by atoms with E-state index in [1.165, 1.54) is 32.1 Å². The van der Waals surface area contributed by atoms with E-state index in [0.29, 0.717) is 49.0 Å². The molecule has 5 fully saturated rings. The van der Waals surface area contributed by atoms with E-state index >= 15 is 0 Å². The fourth-order valence-electron chi connectivity index (χ4n) is 7.07. The van der Waals surface area contributed by atoms with Gasteiger partial charge in [-0.1, -0.05) is 13.8 Å². The van der Waals surface area contributed by atoms with Gasteiger partial charge in [-0.3, -0.25) is 9.59 Å². The van der Waals surface area contributed by atoms with Crippen LogP contribution < -0.4 is 15.4 Å². The van der Waals surface area contributed by atoms with E-state index in [9.17, 15) is 9.59 Å². The number of rotatable bonds is 9. The SMILES string of the molecule is CC(C)COc1c(C(=O)N[C@H]2C3CC4CC(C3)C[C@@H]2C4)cnn1/C=C/C(C)(C)NC(=O)C1CCOCC1. The highest BCUT2D eigenvalue weighted by atomic mass is 16.5. The van der Waals surface area contributed by atoms with Crippen molar-refractivity contribution in [3.8, 4) is 5.88 Å². The Hall–Kier alpha value is -2.35. The molecule has 0 unspecified atom stereocenters. The van der Waals surface area contributed by atoms with Gasteiger partial charge in [0.25, 0.3) is 5.91 Å². The van der Waals surface area contributed by atoms with E-state index < -0.39 is 5.54 Å². The first-order chi connectivity index (χ1) is 17.7. The first-order valence-corrected chi connectivity index (χ1v) is 14.3. The number of carbonyl (C=O) groups is 2. The lowest BCUT2D eigenvalue weighted by atomic mass is 9.54. The molecule has 6 rings (SSSR count). The molecule has 4 saturated carbocycles. The van der Waals surface area contributed by atoms with Crippen LogP contribution in [0.4, 0.5) is 0 Å². The van der Waals surface area contributed by atoms with Gasteiger partial charge in [0.2, 0.25) is 11.8 Å². The molecular formula is C29H44N4O4. The molecule has 0 aromatic carbocycles. The summed E-state index contributed by atoms with van der Waals surface area (Å²) in [5, 5.41) is 11.0. The molecule has 2 amide bonds. The van der Waals surface area contributed by atoms with Gasteiger partial charge in [0.1, 0.15) is 5.56 Å². The quantitative estimate of drug-likeness (QED) is 0.516. The Bertz CT molecular complexity index is 980. The van der Waals surface area contributed by atoms with Crippen LogP contribution in [0.25, 0.3) is 6.20 Å². The highest BCUT2D eigenvalue weighted by molar-refractivity contribution is 5.96. The monoisotopic (exact) mass is 512 g/mol. The van der Waals surface area contributed by atoms with Crippen molar-refractivity contribution in [1.29, 1.82) is 0 Å². The summed E-state index contributed by atoms with van der Waals surface area (Å²) < 4.78 is 13.1. The smallest absolute Gasteiger partial charge is 0.258 e. The topological polar surface area (TPSA) is 94.5 Å². The third kappa shape index (κ3) is 6.05. The number of nitrogens with zero attached hydrogens (tertiary/aromatic N) is 2. The van der Waals surface area contributed by atoms with Gasteiger partial charge in [-0.05, 0) is 94.5 Å². The van der Waals surface area contributed by atoms with Gasteiger partial charge in [-0.25, -0.2) is 4.68 Å². The average Bonchev–Trinajstić information content (AvgIpc) is 3.26. The zero-order valence-corrected chi connectivity index (χ0v) is 22.9. The summed E-state index contributed by atoms with van der Waals surface area (Å²) >= 11 is 0. The summed E-state index contributed by atoms with van der Waals surface area (Å²) in [5.74, 6) is 3.64. The Kier molecular flexibility index (Phi) is 7.66. The van der Waals surface area contributed by atoms with E-state index in [4.69, 9.17) is 9.47 Å². The zero-order chi connectivity index (χ0) is 26.2. The Morgan fingerprint density at radius 1 is 1.14 bits per heavy atom. The molecule has 5 aliphatic rings. The van der Waals surface area contributed by atoms with E-state index in [0.717, 1.165) is 24.7 Å². The minimum Gasteiger partial charge on any atom is -0.477 e. The number of carbonyl (C=O) groups excluding carboxylic acids is 2. The van der Waals surface area contributed by atoms with E-state index in [1.54, 1.807) is 17.1 Å². The second-order valence-corrected chi connectivity index (χ2v) is 12.9. The first-order valence-electron chi connectivity index (χ1n) is 14.3. The highest BCUT2D eigenvalue weighted by Crippen LogP contribution is 2.53. The molecule has 0 atom stereocenters. The van der Waals surface area contributed by atoms with Crippen LogP contribution in [0.5, 0.6) is 5.88 Å². The van der Waals surface area contributed by atoms with Crippen molar-refractivity contribution < 1.29 is 19.1 Å². The van der Waals surface area contributed by atoms with Crippen LogP contribution in [0.3, 0.4) is 0 Å². The van der Waals surface area contributed by atoms with Crippen LogP contribution in [0.15, 0.2) is 12.3 Å². The first kappa shape index (κ1) is 26.3. The molecule has 1 aliphatic heterocycles. The Morgan fingerprint density at radius 3 is 2.41 bits per heavy atom. The fourth-order valence-corrected chi connectivity index (χ4v) is 7.07. The molecule has 8 nitrogen and oxygen atoms in total. The van der Waals surface area contributed by atoms with E-state index in [-0.39, 0.29) is 23.8 Å². The summed E-state index contributed by atoms with van der Waals surface area (Å²) in [5.41, 5.74) is -0.109. The van der Waals surface area contributed by atoms with Crippen molar-refractivity contribution in [3.63, 3.8) is 0 Å². The van der Waals surface area contributed by atoms with Gasteiger partial charge < -0.3 is 20.1 Å². The van der Waals surface area contributed by atoms with E-state index in [1.807, 2.05) is 19.9 Å². The predicted octanol–water partition coefficient (Wildman–Crippen LogP) is 4.26. The Balaban J connectivity index is 1.29. The van der Waals surface area contributed by atoms with Crippen molar-refractivity contribution in [3.05, 3.63) is 17.8 Å². The third-order valence-corrected chi connectivity index (χ3v) is 8.74. The maximum atomic E-state index is 13.5. The summed E-state index contributed by atoms with van der Waals surface area (Å²) in [6, 6.07) is 0.261. The number of aromatic nitrogens is 2. The molecule has 1 aromatic rings. The highest BCUT2D eigenvalue weighted by Gasteiger charge is 2.48. The molecule has 37 heavy (non-hydrogen) atoms. The van der Waals surface area contributed by atoms with Crippen molar-refractivity contribution in [2.24, 2.45) is 35.5 Å². The van der Waals surface area contributed by atoms with Gasteiger partial charge in [0.05, 0.1) is 18.3 Å². The largest absolute Gasteiger partial charge is 0.477 e. The minimum absolute atomic E-state index is 0.0171. The van der Waals surface area contributed by atoms with Crippen LogP contribution in [0, 0.1) is 35.5 Å². The number of nitrogens with one attached hydrogen (secondary N) is 2. The van der Waals surface area contributed by atoms with Crippen molar-refractivity contribution in [1.82, 2.24) is 20.4 Å². The lowest BCUT2D eigenvalue weighted by molar-refractivity contribution is -0.129. The lowest BCUT2D eigenvalue weighted by Crippen LogP contribution is -2.55. The van der Waals surface area contributed by atoms with Gasteiger partial charge in [0.15, 0.2) is 0 Å². The number of amides is 2. The maximum Gasteiger partial charge on any atom is 0.258 e. The predicted molar refractivity (Wildman–Crippen MR) is 142 cm³/mol. The normalized spacial score (nSPS) is 29.7. The second kappa shape index (κ2) is 10.8.